The van der Waals surface area contributed by atoms with Gasteiger partial charge in [0, 0.05) is 14.2 Å². The van der Waals surface area contributed by atoms with Gasteiger partial charge in [0.2, 0.25) is 0 Å². The average Bonchev–Trinajstić information content (AvgIpc) is 2.30. The summed E-state index contributed by atoms with van der Waals surface area (Å²) < 4.78 is 9.20. The second-order valence-corrected chi connectivity index (χ2v) is 2.04. The van der Waals surface area contributed by atoms with E-state index in [0.29, 0.717) is 0 Å². The molecule has 0 heterocycles. The van der Waals surface area contributed by atoms with E-state index in [1.54, 1.807) is 28.1 Å². The van der Waals surface area contributed by atoms with Crippen molar-refractivity contribution >= 4 is 4.90 Å². The fraction of sp³-hybridized carbons (Fsp3) is 0.545. The van der Waals surface area contributed by atoms with Crippen molar-refractivity contribution in [2.24, 2.45) is 0 Å². The molecule has 0 bridgehead atoms. The maximum atomic E-state index is 6.43. The number of rotatable bonds is 2. The van der Waals surface area contributed by atoms with Gasteiger partial charge in [0.1, 0.15) is 0 Å². The van der Waals surface area contributed by atoms with E-state index in [2.05, 4.69) is 26.2 Å². The zero-order valence-corrected chi connectivity index (χ0v) is 11.3. The van der Waals surface area contributed by atoms with Crippen LogP contribution in [0.1, 0.15) is 13.8 Å². The van der Waals surface area contributed by atoms with Crippen LogP contribution in [0.25, 0.3) is 0 Å². The SMILES string of the molecule is [C-]#CC(C)OC.[C-]#CC(C)OC.[CH2]=[Pt]. The van der Waals surface area contributed by atoms with Gasteiger partial charge in [-0.25, -0.2) is 0 Å². The Bertz CT molecular complexity index is 159. The monoisotopic (exact) mass is 375 g/mol. The Balaban J connectivity index is -0.000000147. The first-order valence-corrected chi connectivity index (χ1v) is 5.35. The first-order valence-electron chi connectivity index (χ1n) is 3.74. The molecule has 0 aliphatic heterocycles. The molecule has 2 nitrogen and oxygen atoms in total. The molecule has 3 heteroatoms. The maximum absolute atomic E-state index is 6.43. The molecule has 0 aromatic carbocycles. The van der Waals surface area contributed by atoms with Gasteiger partial charge in [-0.2, -0.15) is 0 Å². The molecule has 0 amide bonds. The molecule has 0 aromatic heterocycles. The van der Waals surface area contributed by atoms with Gasteiger partial charge in [-0.05, 0) is 13.8 Å². The van der Waals surface area contributed by atoms with E-state index in [0.717, 1.165) is 0 Å². The van der Waals surface area contributed by atoms with E-state index in [9.17, 15) is 0 Å². The first kappa shape index (κ1) is 19.2. The van der Waals surface area contributed by atoms with Crippen molar-refractivity contribution in [3.05, 3.63) is 12.8 Å². The van der Waals surface area contributed by atoms with Crippen LogP contribution < -0.4 is 0 Å². The van der Waals surface area contributed by atoms with Crippen LogP contribution in [0, 0.1) is 24.7 Å². The topological polar surface area (TPSA) is 18.5 Å². The normalized spacial score (nSPS) is 11.4. The number of ether oxygens (including phenoxy) is 2. The van der Waals surface area contributed by atoms with Gasteiger partial charge in [-0.3, -0.25) is 0 Å². The van der Waals surface area contributed by atoms with Crippen molar-refractivity contribution in [2.75, 3.05) is 14.2 Å². The Hall–Kier alpha value is -0.402. The van der Waals surface area contributed by atoms with Gasteiger partial charge < -0.3 is 34.2 Å². The van der Waals surface area contributed by atoms with Gasteiger partial charge in [0.25, 0.3) is 0 Å². The summed E-state index contributed by atoms with van der Waals surface area (Å²) in [7, 11) is 3.10. The molecule has 0 N–H and O–H groups in total. The number of hydrogen-bond donors (Lipinski definition) is 0. The predicted molar refractivity (Wildman–Crippen MR) is 54.3 cm³/mol. The second kappa shape index (κ2) is 18.4. The average molecular weight is 375 g/mol. The molecule has 0 rings (SSSR count). The molecule has 0 radical (unpaired) electrons. The number of methoxy groups -OCH3 is 2. The third-order valence-electron chi connectivity index (χ3n) is 1.11. The second-order valence-electron chi connectivity index (χ2n) is 2.04. The van der Waals surface area contributed by atoms with E-state index in [4.69, 9.17) is 12.8 Å². The summed E-state index contributed by atoms with van der Waals surface area (Å²) in [4.78, 5) is 3.22. The standard InChI is InChI=1S/2C5H7O.CH2.Pt/c2*1-4-5(2)6-3;;/h2*5H,2-3H3;1H2;/q2*-1;;. The molecular formula is C11H16O2Pt-2. The van der Waals surface area contributed by atoms with Crippen LogP contribution in [0.15, 0.2) is 0 Å². The molecule has 0 aromatic rings. The van der Waals surface area contributed by atoms with Crippen LogP contribution in [-0.4, -0.2) is 31.3 Å². The third kappa shape index (κ3) is 22.6. The summed E-state index contributed by atoms with van der Waals surface area (Å²) in [6.45, 7) is 3.51. The molecule has 0 saturated heterocycles. The van der Waals surface area contributed by atoms with Crippen molar-refractivity contribution in [3.63, 3.8) is 0 Å². The predicted octanol–water partition coefficient (Wildman–Crippen LogP) is 1.19. The van der Waals surface area contributed by atoms with Crippen LogP contribution in [0.5, 0.6) is 0 Å². The van der Waals surface area contributed by atoms with Crippen molar-refractivity contribution < 1.29 is 28.8 Å². The molecule has 2 unspecified atom stereocenters. The van der Waals surface area contributed by atoms with Gasteiger partial charge in [-0.15, -0.1) is 0 Å². The van der Waals surface area contributed by atoms with Gasteiger partial charge in [0.15, 0.2) is 0 Å². The summed E-state index contributed by atoms with van der Waals surface area (Å²) in [5, 5.41) is 0. The van der Waals surface area contributed by atoms with Crippen LogP contribution in [-0.2, 0) is 28.8 Å². The van der Waals surface area contributed by atoms with Gasteiger partial charge in [-0.1, -0.05) is 0 Å². The Labute approximate surface area is 98.8 Å². The van der Waals surface area contributed by atoms with Crippen LogP contribution in [0.2, 0.25) is 0 Å². The minimum atomic E-state index is -0.148. The van der Waals surface area contributed by atoms with Crippen molar-refractivity contribution in [1.29, 1.82) is 0 Å². The summed E-state index contributed by atoms with van der Waals surface area (Å²) in [6.07, 6.45) is 12.6. The summed E-state index contributed by atoms with van der Waals surface area (Å²) >= 11 is 1.89. The summed E-state index contributed by atoms with van der Waals surface area (Å²) in [5.41, 5.74) is 0. The van der Waals surface area contributed by atoms with Crippen molar-refractivity contribution in [1.82, 2.24) is 0 Å². The fourth-order valence-corrected chi connectivity index (χ4v) is 0.118. The quantitative estimate of drug-likeness (QED) is 0.533. The van der Waals surface area contributed by atoms with Gasteiger partial charge in [0.05, 0.1) is 12.2 Å². The molecular weight excluding hydrogens is 359 g/mol. The van der Waals surface area contributed by atoms with Crippen molar-refractivity contribution in [2.45, 2.75) is 26.1 Å². The van der Waals surface area contributed by atoms with E-state index < -0.39 is 0 Å². The fourth-order valence-electron chi connectivity index (χ4n) is 0.118. The molecule has 84 valence electrons. The zero-order valence-electron chi connectivity index (χ0n) is 8.99. The minimum absolute atomic E-state index is 0.148. The van der Waals surface area contributed by atoms with Crippen LogP contribution in [0.3, 0.4) is 0 Å². The molecule has 14 heavy (non-hydrogen) atoms. The zero-order chi connectivity index (χ0) is 12.0. The molecule has 0 fully saturated rings. The molecule has 0 spiro atoms. The Morgan fingerprint density at radius 1 is 1.00 bits per heavy atom. The molecule has 0 aliphatic rings. The van der Waals surface area contributed by atoms with E-state index in [1.807, 2.05) is 19.4 Å². The Morgan fingerprint density at radius 3 is 1.21 bits per heavy atom. The Kier molecular flexibility index (Phi) is 25.2. The van der Waals surface area contributed by atoms with E-state index >= 15 is 0 Å². The van der Waals surface area contributed by atoms with E-state index in [1.165, 1.54) is 0 Å². The summed E-state index contributed by atoms with van der Waals surface area (Å²) in [6, 6.07) is 0. The van der Waals surface area contributed by atoms with Crippen LogP contribution >= 0.6 is 0 Å². The summed E-state index contributed by atoms with van der Waals surface area (Å²) in [5.74, 6) is 4.28. The van der Waals surface area contributed by atoms with Crippen molar-refractivity contribution in [3.8, 4) is 11.8 Å². The van der Waals surface area contributed by atoms with E-state index in [-0.39, 0.29) is 12.2 Å². The molecule has 2 atom stereocenters. The third-order valence-corrected chi connectivity index (χ3v) is 1.11. The van der Waals surface area contributed by atoms with Crippen LogP contribution in [0.4, 0.5) is 0 Å². The Morgan fingerprint density at radius 2 is 1.21 bits per heavy atom. The molecule has 0 saturated carbocycles. The van der Waals surface area contributed by atoms with Gasteiger partial charge >= 0.3 is 24.3 Å². The number of hydrogen-bond acceptors (Lipinski definition) is 2. The molecule has 0 aliphatic carbocycles. The first-order chi connectivity index (χ1) is 6.62.